The first kappa shape index (κ1) is 21.4. The predicted molar refractivity (Wildman–Crippen MR) is 133 cm³/mol. The Morgan fingerprint density at radius 1 is 1.00 bits per heavy atom. The summed E-state index contributed by atoms with van der Waals surface area (Å²) < 4.78 is 6.19. The van der Waals surface area contributed by atoms with Crippen LogP contribution in [0.25, 0.3) is 22.2 Å². The molecule has 3 aromatic carbocycles. The number of aromatic nitrogens is 1. The Balaban J connectivity index is 1.35. The third-order valence-electron chi connectivity index (χ3n) is 7.38. The van der Waals surface area contributed by atoms with E-state index in [9.17, 15) is 4.79 Å². The monoisotopic (exact) mass is 435 g/mol. The molecule has 0 unspecified atom stereocenters. The molecule has 166 valence electrons. The number of rotatable bonds is 7. The van der Waals surface area contributed by atoms with E-state index < -0.39 is 0 Å². The quantitative estimate of drug-likeness (QED) is 0.313. The van der Waals surface area contributed by atoms with E-state index in [0.29, 0.717) is 18.3 Å². The number of ketones is 1. The van der Waals surface area contributed by atoms with E-state index >= 15 is 0 Å². The number of para-hydroxylation sites is 1. The van der Waals surface area contributed by atoms with Crippen molar-refractivity contribution in [3.05, 3.63) is 96.1 Å². The van der Waals surface area contributed by atoms with Gasteiger partial charge in [0.05, 0.1) is 11.2 Å². The number of Topliss-reactive ketones (excluding diaryl/α,β-unsaturated/α-hetero) is 1. The molecule has 3 nitrogen and oxygen atoms in total. The molecule has 3 heteroatoms. The maximum absolute atomic E-state index is 12.3. The van der Waals surface area contributed by atoms with Crippen LogP contribution in [-0.2, 0) is 17.8 Å². The number of ether oxygens (including phenoxy) is 1. The second kappa shape index (κ2) is 8.82. The van der Waals surface area contributed by atoms with Gasteiger partial charge in [-0.1, -0.05) is 67.6 Å². The van der Waals surface area contributed by atoms with Crippen LogP contribution in [0.4, 0.5) is 0 Å². The number of hydrogen-bond donors (Lipinski definition) is 0. The molecule has 0 saturated heterocycles. The number of benzene rings is 3. The number of fused-ring (bicyclic) bond motifs is 1. The normalized spacial score (nSPS) is 19.8. The molecule has 1 saturated carbocycles. The molecular weight excluding hydrogens is 406 g/mol. The van der Waals surface area contributed by atoms with Gasteiger partial charge in [-0.15, -0.1) is 0 Å². The summed E-state index contributed by atoms with van der Waals surface area (Å²) in [4.78, 5) is 17.2. The fraction of sp³-hybridized carbons (Fsp3) is 0.267. The van der Waals surface area contributed by atoms with Gasteiger partial charge in [0.1, 0.15) is 18.1 Å². The van der Waals surface area contributed by atoms with E-state index in [0.717, 1.165) is 52.7 Å². The average molecular weight is 436 g/mol. The van der Waals surface area contributed by atoms with Crippen molar-refractivity contribution in [1.82, 2.24) is 4.98 Å². The number of nitrogens with zero attached hydrogens (tertiary/aromatic N) is 1. The van der Waals surface area contributed by atoms with E-state index in [2.05, 4.69) is 43.3 Å². The molecule has 1 aromatic heterocycles. The Morgan fingerprint density at radius 3 is 2.39 bits per heavy atom. The highest BCUT2D eigenvalue weighted by atomic mass is 16.5. The van der Waals surface area contributed by atoms with E-state index in [1.54, 1.807) is 6.92 Å². The maximum atomic E-state index is 12.3. The van der Waals surface area contributed by atoms with Gasteiger partial charge in [0.25, 0.3) is 0 Å². The van der Waals surface area contributed by atoms with E-state index in [1.165, 1.54) is 5.56 Å². The van der Waals surface area contributed by atoms with Crippen molar-refractivity contribution in [2.24, 2.45) is 11.3 Å². The zero-order valence-electron chi connectivity index (χ0n) is 19.3. The second-order valence-corrected chi connectivity index (χ2v) is 9.31. The first-order valence-corrected chi connectivity index (χ1v) is 11.7. The minimum atomic E-state index is -0.174. The van der Waals surface area contributed by atoms with Crippen molar-refractivity contribution in [1.29, 1.82) is 0 Å². The van der Waals surface area contributed by atoms with Crippen LogP contribution in [-0.4, -0.2) is 10.8 Å². The molecule has 1 aliphatic carbocycles. The molecule has 0 bridgehead atoms. The molecule has 2 atom stereocenters. The summed E-state index contributed by atoms with van der Waals surface area (Å²) in [6, 6.07) is 28.8. The Morgan fingerprint density at radius 2 is 1.73 bits per heavy atom. The van der Waals surface area contributed by atoms with Gasteiger partial charge in [0, 0.05) is 21.9 Å². The van der Waals surface area contributed by atoms with Gasteiger partial charge in [-0.3, -0.25) is 4.79 Å². The lowest BCUT2D eigenvalue weighted by Gasteiger charge is -2.46. The van der Waals surface area contributed by atoms with Gasteiger partial charge in [-0.25, -0.2) is 4.98 Å². The largest absolute Gasteiger partial charge is 0.489 e. The standard InChI is InChI=1S/C30H29NO2/c1-21-16-17-30(21,22(2)32)19-23-12-14-26(15-13-23)33-20-25-18-29(24-8-4-3-5-9-24)31-28-11-7-6-10-27(25)28/h3-15,18,21H,16-17,19-20H2,1-2H3/t21-,30+/m0/s1. The number of hydrogen-bond acceptors (Lipinski definition) is 3. The minimum absolute atomic E-state index is 0.174. The zero-order chi connectivity index (χ0) is 22.8. The Hall–Kier alpha value is -3.46. The third kappa shape index (κ3) is 4.16. The van der Waals surface area contributed by atoms with Crippen LogP contribution in [0.1, 0.15) is 37.8 Å². The molecule has 5 rings (SSSR count). The van der Waals surface area contributed by atoms with Crippen LogP contribution in [0, 0.1) is 11.3 Å². The molecule has 1 heterocycles. The summed E-state index contributed by atoms with van der Waals surface area (Å²) in [5.41, 5.74) is 5.15. The van der Waals surface area contributed by atoms with Crippen LogP contribution >= 0.6 is 0 Å². The van der Waals surface area contributed by atoms with Gasteiger partial charge in [0.15, 0.2) is 0 Å². The molecule has 0 spiro atoms. The van der Waals surface area contributed by atoms with Gasteiger partial charge >= 0.3 is 0 Å². The van der Waals surface area contributed by atoms with Crippen LogP contribution in [0.15, 0.2) is 84.9 Å². The van der Waals surface area contributed by atoms with Crippen molar-refractivity contribution in [2.75, 3.05) is 0 Å². The molecule has 33 heavy (non-hydrogen) atoms. The predicted octanol–water partition coefficient (Wildman–Crippen LogP) is 7.03. The molecule has 1 fully saturated rings. The molecule has 0 N–H and O–H groups in total. The minimum Gasteiger partial charge on any atom is -0.489 e. The summed E-state index contributed by atoms with van der Waals surface area (Å²) in [5, 5.41) is 1.11. The van der Waals surface area contributed by atoms with E-state index in [1.807, 2.05) is 48.5 Å². The van der Waals surface area contributed by atoms with Crippen molar-refractivity contribution in [3.63, 3.8) is 0 Å². The van der Waals surface area contributed by atoms with Gasteiger partial charge in [-0.05, 0) is 61.9 Å². The van der Waals surface area contributed by atoms with Gasteiger partial charge < -0.3 is 4.74 Å². The number of pyridine rings is 1. The van der Waals surface area contributed by atoms with Gasteiger partial charge in [-0.2, -0.15) is 0 Å². The first-order chi connectivity index (χ1) is 16.0. The average Bonchev–Trinajstić information content (AvgIpc) is 2.85. The van der Waals surface area contributed by atoms with Crippen molar-refractivity contribution < 1.29 is 9.53 Å². The third-order valence-corrected chi connectivity index (χ3v) is 7.38. The Kier molecular flexibility index (Phi) is 5.72. The lowest BCUT2D eigenvalue weighted by Crippen LogP contribution is -2.46. The lowest BCUT2D eigenvalue weighted by atomic mass is 9.56. The Labute approximate surface area is 195 Å². The molecule has 0 aliphatic heterocycles. The van der Waals surface area contributed by atoms with Crippen molar-refractivity contribution >= 4 is 16.7 Å². The smallest absolute Gasteiger partial charge is 0.136 e. The molecule has 0 radical (unpaired) electrons. The summed E-state index contributed by atoms with van der Waals surface area (Å²) >= 11 is 0. The topological polar surface area (TPSA) is 39.2 Å². The molecule has 1 aliphatic rings. The fourth-order valence-corrected chi connectivity index (χ4v) is 5.04. The summed E-state index contributed by atoms with van der Waals surface area (Å²) in [7, 11) is 0. The van der Waals surface area contributed by atoms with Crippen LogP contribution in [0.2, 0.25) is 0 Å². The summed E-state index contributed by atoms with van der Waals surface area (Å²) in [6.45, 7) is 4.41. The van der Waals surface area contributed by atoms with Crippen LogP contribution in [0.3, 0.4) is 0 Å². The van der Waals surface area contributed by atoms with Crippen molar-refractivity contribution in [3.8, 4) is 17.0 Å². The summed E-state index contributed by atoms with van der Waals surface area (Å²) in [6.07, 6.45) is 2.96. The molecular formula is C30H29NO2. The van der Waals surface area contributed by atoms with Crippen LogP contribution in [0.5, 0.6) is 5.75 Å². The highest BCUT2D eigenvalue weighted by Crippen LogP contribution is 2.49. The highest BCUT2D eigenvalue weighted by Gasteiger charge is 2.47. The maximum Gasteiger partial charge on any atom is 0.136 e. The SMILES string of the molecule is CC(=O)[C@@]1(Cc2ccc(OCc3cc(-c4ccccc4)nc4ccccc34)cc2)CC[C@@H]1C. The van der Waals surface area contributed by atoms with E-state index in [4.69, 9.17) is 9.72 Å². The molecule has 0 amide bonds. The number of carbonyl (C=O) groups is 1. The van der Waals surface area contributed by atoms with Crippen molar-refractivity contribution in [2.45, 2.75) is 39.7 Å². The second-order valence-electron chi connectivity index (χ2n) is 9.31. The van der Waals surface area contributed by atoms with Gasteiger partial charge in [0.2, 0.25) is 0 Å². The fourth-order valence-electron chi connectivity index (χ4n) is 5.04. The van der Waals surface area contributed by atoms with Crippen LogP contribution < -0.4 is 4.74 Å². The Bertz CT molecular complexity index is 1280. The number of carbonyl (C=O) groups excluding carboxylic acids is 1. The lowest BCUT2D eigenvalue weighted by molar-refractivity contribution is -0.136. The zero-order valence-corrected chi connectivity index (χ0v) is 19.3. The van der Waals surface area contributed by atoms with E-state index in [-0.39, 0.29) is 5.41 Å². The highest BCUT2D eigenvalue weighted by molar-refractivity contribution is 5.85. The first-order valence-electron chi connectivity index (χ1n) is 11.7. The summed E-state index contributed by atoms with van der Waals surface area (Å²) in [5.74, 6) is 1.62. The molecule has 4 aromatic rings.